The molecule has 620 valence electrons. The predicted octanol–water partition coefficient (Wildman–Crippen LogP) is 15.8. The molecule has 3 aromatic heterocycles. The maximum atomic E-state index is 13.8. The molecule has 22 nitrogen and oxygen atoms in total. The second kappa shape index (κ2) is 33.4. The van der Waals surface area contributed by atoms with Crippen molar-refractivity contribution in [3.63, 3.8) is 0 Å². The molecule has 7 heterocycles. The Morgan fingerprint density at radius 3 is 1.41 bits per heavy atom. The van der Waals surface area contributed by atoms with Crippen LogP contribution in [0.25, 0.3) is 44.3 Å². The summed E-state index contributed by atoms with van der Waals surface area (Å²) in [6, 6.07) is 13.6. The van der Waals surface area contributed by atoms with Crippen LogP contribution in [0.5, 0.6) is 0 Å². The van der Waals surface area contributed by atoms with Crippen LogP contribution in [0.1, 0.15) is 234 Å². The van der Waals surface area contributed by atoms with E-state index in [-0.39, 0.29) is 96.2 Å². The largest absolute Gasteiger partial charge is 0.466 e. The number of urea groups is 2. The summed E-state index contributed by atoms with van der Waals surface area (Å²) in [5.74, 6) is 8.92. The Hall–Kier alpha value is -6.40. The number of ether oxygens (including phenoxy) is 4. The summed E-state index contributed by atoms with van der Waals surface area (Å²) in [5.41, 5.74) is 12.6. The van der Waals surface area contributed by atoms with Gasteiger partial charge in [0, 0.05) is 80.9 Å². The Kier molecular flexibility index (Phi) is 23.5. The number of benzene rings is 2. The zero-order chi connectivity index (χ0) is 78.8. The number of nitrogens with zero attached hydrogens (tertiary/aromatic N) is 7. The van der Waals surface area contributed by atoms with Gasteiger partial charge in [-0.05, 0) is 259 Å². The van der Waals surface area contributed by atoms with Crippen LogP contribution < -0.4 is 27.0 Å². The summed E-state index contributed by atoms with van der Waals surface area (Å²) in [5, 5.41) is 33.4. The van der Waals surface area contributed by atoms with E-state index < -0.39 is 0 Å². The van der Waals surface area contributed by atoms with Crippen molar-refractivity contribution in [2.45, 2.75) is 301 Å². The van der Waals surface area contributed by atoms with Gasteiger partial charge in [-0.25, -0.2) is 19.0 Å². The van der Waals surface area contributed by atoms with Gasteiger partial charge in [-0.3, -0.25) is 19.2 Å². The fraction of sp³-hybridized carbons (Fsp3) is 0.756. The minimum Gasteiger partial charge on any atom is -0.466 e. The highest BCUT2D eigenvalue weighted by Crippen LogP contribution is 2.71. The van der Waals surface area contributed by atoms with Gasteiger partial charge in [0.15, 0.2) is 0 Å². The van der Waals surface area contributed by atoms with Crippen molar-refractivity contribution >= 4 is 81.3 Å². The molecule has 17 rings (SSSR count). The minimum absolute atomic E-state index is 0.00689. The molecule has 12 fully saturated rings. The molecule has 8 aliphatic carbocycles. The SMILES string of the molecule is C[C@H](CCC(=O)OCCCCC[C@@H]1SC[C@@H]2NC(=O)N[C@@H]21)C1CC[C@H]2[C@@H]3CC[C@@H]4C[C@H](OC(=O)Cn5cc(-c6ccc7c8ccc(-c9cn(CC(=O)O[C@@H]%10CCC%11(C)C%12CCC%13(C)C([C@H](C)CCC(=O)OCCCCC[C@@H]%14SC[C@@H]%15NC(=O)N[C@@H]%15%14)CC[C@H]%13[C@@H]%12CC[C@@H]%11C%10)nn9)cc8n(CCN)c7c6)nn5)CCC4(C)C3CCC12C. The lowest BCUT2D eigenvalue weighted by Crippen LogP contribution is -2.54. The van der Waals surface area contributed by atoms with Gasteiger partial charge in [0.2, 0.25) is 0 Å². The Morgan fingerprint density at radius 2 is 0.965 bits per heavy atom. The Bertz CT molecular complexity index is 4070. The molecular weight excluding hydrogens is 1470 g/mol. The lowest BCUT2D eigenvalue weighted by Gasteiger charge is -2.61. The van der Waals surface area contributed by atoms with Gasteiger partial charge in [-0.2, -0.15) is 23.5 Å². The van der Waals surface area contributed by atoms with Gasteiger partial charge in [-0.15, -0.1) is 10.2 Å². The van der Waals surface area contributed by atoms with Crippen LogP contribution in [-0.4, -0.2) is 149 Å². The van der Waals surface area contributed by atoms with Crippen molar-refractivity contribution in [3.8, 4) is 22.5 Å². The molecule has 6 N–H and O–H groups in total. The van der Waals surface area contributed by atoms with E-state index in [0.29, 0.717) is 119 Å². The van der Waals surface area contributed by atoms with Crippen LogP contribution in [0.3, 0.4) is 0 Å². The second-order valence-electron chi connectivity index (χ2n) is 39.0. The van der Waals surface area contributed by atoms with Crippen LogP contribution in [0.4, 0.5) is 9.59 Å². The number of unbranched alkanes of at least 4 members (excludes halogenated alkanes) is 4. The molecule has 8 saturated carbocycles. The monoisotopic (exact) mass is 1600 g/mol. The fourth-order valence-electron chi connectivity index (χ4n) is 27.3. The average molecular weight is 1600 g/mol. The predicted molar refractivity (Wildman–Crippen MR) is 443 cm³/mol. The van der Waals surface area contributed by atoms with Gasteiger partial charge in [-0.1, -0.05) is 102 Å². The molecular formula is C90H128N12O10S2. The second-order valence-corrected chi connectivity index (χ2v) is 41.5. The van der Waals surface area contributed by atoms with Crippen LogP contribution in [-0.2, 0) is 57.8 Å². The van der Waals surface area contributed by atoms with E-state index in [2.05, 4.69) is 124 Å². The van der Waals surface area contributed by atoms with Crippen molar-refractivity contribution < 1.29 is 47.7 Å². The van der Waals surface area contributed by atoms with E-state index >= 15 is 0 Å². The number of nitrogens with two attached hydrogens (primary N) is 1. The molecule has 12 aliphatic rings. The van der Waals surface area contributed by atoms with Crippen LogP contribution in [0.15, 0.2) is 48.8 Å². The van der Waals surface area contributed by atoms with Crippen LogP contribution in [0.2, 0.25) is 0 Å². The van der Waals surface area contributed by atoms with Gasteiger partial charge >= 0.3 is 35.9 Å². The number of esters is 4. The number of aromatic nitrogens is 7. The molecule has 0 spiro atoms. The molecule has 0 bridgehead atoms. The summed E-state index contributed by atoms with van der Waals surface area (Å²) >= 11 is 3.91. The minimum atomic E-state index is -0.275. The first-order chi connectivity index (χ1) is 55.1. The Balaban J connectivity index is 0.441. The highest BCUT2D eigenvalue weighted by atomic mass is 32.2. The molecule has 24 atom stereocenters. The van der Waals surface area contributed by atoms with Gasteiger partial charge in [0.1, 0.15) is 36.7 Å². The summed E-state index contributed by atoms with van der Waals surface area (Å²) in [6.07, 6.45) is 35.3. The van der Waals surface area contributed by atoms with Crippen molar-refractivity contribution in [2.75, 3.05) is 31.3 Å². The molecule has 2 aromatic carbocycles. The zero-order valence-corrected chi connectivity index (χ0v) is 70.3. The molecule has 24 heteroatoms. The standard InChI is InChI=1S/C90H128N12O10S2/c1-53(15-29-79(103)109-41-11-7-9-13-77-83-73(51-113-77)92-85(107)94-83)65-25-27-67-63-23-19-57-45-59(31-35-87(57,3)69(63)33-37-89(65,67)5)111-81(105)49-100-47-71(96-98-100)55-17-21-61-62-22-18-56(44-76(62)102(40-39-91)75(61)43-55)72-48-101(99-97-72)50-82(106)112-60-32-36-88(4)58(46-60)20-24-64-68-28-26-66(90(68,6)38-34-70(64)88)54(2)16-30-80(104)110-42-12-8-10-14-78-84-74(52-114-78)93-86(108)95-84/h17-18,21-22,43-44,47-48,53-54,57-60,63-70,73-74,77-78,83-84H,7-16,19-20,23-42,45-46,49-52,91H2,1-6H3,(H2,92,94,107)(H2,93,95,108)/t53-,54-,57-,58-,59-,60-,63+,64+,65?,66?,67+,68+,69?,70?,73+,74+,77+,78+,83+,84+,87?,88?,89?,90?/m1/s1. The van der Waals surface area contributed by atoms with E-state index in [1.54, 1.807) is 9.36 Å². The number of rotatable bonds is 30. The number of hydrogen-bond donors (Lipinski definition) is 5. The summed E-state index contributed by atoms with van der Waals surface area (Å²) in [6.45, 7) is 17.1. The van der Waals surface area contributed by atoms with E-state index in [0.717, 1.165) is 171 Å². The third-order valence-corrected chi connectivity index (χ3v) is 36.1. The van der Waals surface area contributed by atoms with E-state index in [9.17, 15) is 28.8 Å². The molecule has 4 aliphatic heterocycles. The number of amides is 4. The topological polar surface area (TPSA) is 280 Å². The lowest BCUT2D eigenvalue weighted by molar-refractivity contribution is -0.164. The third kappa shape index (κ3) is 15.8. The zero-order valence-electron chi connectivity index (χ0n) is 68.6. The summed E-state index contributed by atoms with van der Waals surface area (Å²) < 4.78 is 29.7. The molecule has 0 radical (unpaired) electrons. The first kappa shape index (κ1) is 80.0. The molecule has 4 amide bonds. The highest BCUT2D eigenvalue weighted by molar-refractivity contribution is 8.00. The molecule has 4 saturated heterocycles. The van der Waals surface area contributed by atoms with Crippen molar-refractivity contribution in [3.05, 3.63) is 48.8 Å². The Labute approximate surface area is 682 Å². The lowest BCUT2D eigenvalue weighted by atomic mass is 9.44. The summed E-state index contributed by atoms with van der Waals surface area (Å²) in [7, 11) is 0. The molecule has 114 heavy (non-hydrogen) atoms. The number of carbonyl (C=O) groups excluding carboxylic acids is 6. The van der Waals surface area contributed by atoms with E-state index in [1.807, 2.05) is 35.9 Å². The maximum Gasteiger partial charge on any atom is 0.328 e. The Morgan fingerprint density at radius 1 is 0.526 bits per heavy atom. The number of hydrogen-bond acceptors (Lipinski definition) is 17. The molecule has 8 unspecified atom stereocenters. The number of nitrogens with one attached hydrogen (secondary N) is 4. The maximum absolute atomic E-state index is 13.8. The van der Waals surface area contributed by atoms with E-state index in [1.165, 1.54) is 77.0 Å². The highest BCUT2D eigenvalue weighted by Gasteiger charge is 2.63. The quantitative estimate of drug-likeness (QED) is 0.0124. The van der Waals surface area contributed by atoms with Gasteiger partial charge in [0.25, 0.3) is 0 Å². The van der Waals surface area contributed by atoms with Crippen molar-refractivity contribution in [2.24, 2.45) is 98.4 Å². The average Bonchev–Trinajstić information content (AvgIpc) is 1.39. The van der Waals surface area contributed by atoms with Crippen molar-refractivity contribution in [1.82, 2.24) is 55.8 Å². The smallest absolute Gasteiger partial charge is 0.328 e. The first-order valence-corrected chi connectivity index (χ1v) is 46.9. The van der Waals surface area contributed by atoms with Crippen LogP contribution >= 0.6 is 23.5 Å². The normalized spacial score (nSPS) is 36.2. The first-order valence-electron chi connectivity index (χ1n) is 44.8. The number of fused-ring (bicyclic) bond motifs is 15. The molecule has 5 aromatic rings. The fourth-order valence-corrected chi connectivity index (χ4v) is 30.3. The van der Waals surface area contributed by atoms with Gasteiger partial charge < -0.3 is 50.5 Å². The number of thioether (sulfide) groups is 2. The van der Waals surface area contributed by atoms with Crippen LogP contribution in [0, 0.1) is 92.7 Å². The third-order valence-electron chi connectivity index (χ3n) is 33.1. The van der Waals surface area contributed by atoms with Gasteiger partial charge in [0.05, 0.1) is 49.8 Å². The number of carbonyl (C=O) groups is 6. The summed E-state index contributed by atoms with van der Waals surface area (Å²) in [4.78, 5) is 77.2. The van der Waals surface area contributed by atoms with E-state index in [4.69, 9.17) is 24.7 Å². The van der Waals surface area contributed by atoms with Crippen molar-refractivity contribution in [1.29, 1.82) is 0 Å².